The molecule has 2 aromatic rings. The summed E-state index contributed by atoms with van der Waals surface area (Å²) in [5.74, 6) is 0. The normalized spacial score (nSPS) is 22.4. The van der Waals surface area contributed by atoms with E-state index in [-0.39, 0.29) is 11.3 Å². The molecular formula is C23H26N2O5S. The fourth-order valence-electron chi connectivity index (χ4n) is 4.71. The van der Waals surface area contributed by atoms with Crippen LogP contribution in [0.3, 0.4) is 0 Å². The molecule has 2 aliphatic rings. The topological polar surface area (TPSA) is 101 Å². The molecule has 0 fully saturated rings. The van der Waals surface area contributed by atoms with Crippen LogP contribution in [0.2, 0.25) is 0 Å². The number of hydrogen-bond donors (Lipinski definition) is 1. The van der Waals surface area contributed by atoms with Crippen molar-refractivity contribution >= 4 is 15.7 Å². The highest BCUT2D eigenvalue weighted by atomic mass is 32.2. The van der Waals surface area contributed by atoms with Gasteiger partial charge in [0.1, 0.15) is 0 Å². The van der Waals surface area contributed by atoms with E-state index < -0.39 is 32.8 Å². The average molecular weight is 443 g/mol. The number of benzene rings is 2. The Labute approximate surface area is 182 Å². The molecule has 2 atom stereocenters. The lowest BCUT2D eigenvalue weighted by Gasteiger charge is -2.42. The van der Waals surface area contributed by atoms with Gasteiger partial charge in [0.25, 0.3) is 15.7 Å². The van der Waals surface area contributed by atoms with Crippen LogP contribution in [0, 0.1) is 10.1 Å². The van der Waals surface area contributed by atoms with Crippen molar-refractivity contribution in [1.82, 2.24) is 4.31 Å². The van der Waals surface area contributed by atoms with E-state index in [1.807, 2.05) is 30.3 Å². The molecule has 1 aliphatic carbocycles. The number of aliphatic hydroxyl groups excluding tert-OH is 1. The van der Waals surface area contributed by atoms with Crippen LogP contribution in [0.4, 0.5) is 5.69 Å². The molecule has 0 radical (unpaired) electrons. The highest BCUT2D eigenvalue weighted by Crippen LogP contribution is 2.45. The maximum absolute atomic E-state index is 14.0. The van der Waals surface area contributed by atoms with Crippen molar-refractivity contribution < 1.29 is 18.4 Å². The van der Waals surface area contributed by atoms with Crippen LogP contribution in [-0.2, 0) is 10.0 Å². The molecule has 0 saturated carbocycles. The van der Waals surface area contributed by atoms with Gasteiger partial charge in [0.05, 0.1) is 17.1 Å². The van der Waals surface area contributed by atoms with Gasteiger partial charge in [0, 0.05) is 18.2 Å². The van der Waals surface area contributed by atoms with Crippen LogP contribution in [-0.4, -0.2) is 28.9 Å². The molecule has 1 N–H and O–H groups in total. The molecule has 2 aromatic carbocycles. The lowest BCUT2D eigenvalue weighted by atomic mass is 9.85. The van der Waals surface area contributed by atoms with Gasteiger partial charge in [-0.05, 0) is 42.9 Å². The van der Waals surface area contributed by atoms with E-state index in [9.17, 15) is 23.6 Å². The fraction of sp³-hybridized carbons (Fsp3) is 0.391. The Balaban J connectivity index is 1.93. The van der Waals surface area contributed by atoms with Crippen LogP contribution in [0.15, 0.2) is 70.8 Å². The molecule has 0 amide bonds. The van der Waals surface area contributed by atoms with Gasteiger partial charge >= 0.3 is 0 Å². The van der Waals surface area contributed by atoms with Crippen LogP contribution >= 0.6 is 0 Å². The second-order valence-electron chi connectivity index (χ2n) is 8.09. The molecule has 1 aliphatic heterocycles. The van der Waals surface area contributed by atoms with Gasteiger partial charge in [0.2, 0.25) is 0 Å². The minimum absolute atomic E-state index is 0.225. The van der Waals surface area contributed by atoms with E-state index in [1.54, 1.807) is 0 Å². The lowest BCUT2D eigenvalue weighted by Crippen LogP contribution is -2.42. The lowest BCUT2D eigenvalue weighted by molar-refractivity contribution is -0.387. The van der Waals surface area contributed by atoms with E-state index in [0.717, 1.165) is 36.8 Å². The van der Waals surface area contributed by atoms with Gasteiger partial charge in [0.15, 0.2) is 4.90 Å². The fourth-order valence-corrected chi connectivity index (χ4v) is 6.62. The maximum Gasteiger partial charge on any atom is 0.289 e. The first-order valence-corrected chi connectivity index (χ1v) is 12.1. The first-order chi connectivity index (χ1) is 14.9. The summed E-state index contributed by atoms with van der Waals surface area (Å²) in [7, 11) is -4.23. The third-order valence-electron chi connectivity index (χ3n) is 6.16. The molecule has 31 heavy (non-hydrogen) atoms. The van der Waals surface area contributed by atoms with Gasteiger partial charge in [-0.2, -0.15) is 0 Å². The molecular weight excluding hydrogens is 416 g/mol. The van der Waals surface area contributed by atoms with Gasteiger partial charge in [-0.15, -0.1) is 0 Å². The smallest absolute Gasteiger partial charge is 0.289 e. The molecule has 1 heterocycles. The zero-order valence-corrected chi connectivity index (χ0v) is 18.0. The largest absolute Gasteiger partial charge is 0.389 e. The molecule has 8 heteroatoms. The number of nitrogens with zero attached hydrogens (tertiary/aromatic N) is 2. The molecule has 0 spiro atoms. The minimum Gasteiger partial charge on any atom is -0.389 e. The monoisotopic (exact) mass is 442 g/mol. The van der Waals surface area contributed by atoms with Gasteiger partial charge in [-0.25, -0.2) is 8.42 Å². The van der Waals surface area contributed by atoms with Crippen molar-refractivity contribution in [2.75, 3.05) is 0 Å². The van der Waals surface area contributed by atoms with Crippen molar-refractivity contribution in [3.63, 3.8) is 0 Å². The third kappa shape index (κ3) is 4.09. The number of rotatable bonds is 4. The highest BCUT2D eigenvalue weighted by molar-refractivity contribution is 7.89. The number of hydrogen-bond acceptors (Lipinski definition) is 5. The highest BCUT2D eigenvalue weighted by Gasteiger charge is 2.43. The van der Waals surface area contributed by atoms with Crippen molar-refractivity contribution in [2.24, 2.45) is 0 Å². The second kappa shape index (κ2) is 8.80. The summed E-state index contributed by atoms with van der Waals surface area (Å²) in [6, 6.07) is 14.1. The molecule has 164 valence electrons. The van der Waals surface area contributed by atoms with Crippen molar-refractivity contribution in [3.8, 4) is 0 Å². The van der Waals surface area contributed by atoms with Crippen molar-refractivity contribution in [2.45, 2.75) is 62.0 Å². The SMILES string of the molecule is O=[N+]([O-])c1ccccc1S(=O)(=O)N1C2=C(CCCCCC2)[C@H](O)C[C@@H]1c1ccccc1. The zero-order chi connectivity index (χ0) is 22.0. The van der Waals surface area contributed by atoms with E-state index in [2.05, 4.69) is 0 Å². The Kier molecular flexibility index (Phi) is 6.11. The van der Waals surface area contributed by atoms with E-state index in [0.29, 0.717) is 18.5 Å². The van der Waals surface area contributed by atoms with E-state index in [4.69, 9.17) is 0 Å². The number of para-hydroxylation sites is 1. The van der Waals surface area contributed by atoms with E-state index in [1.165, 1.54) is 28.6 Å². The zero-order valence-electron chi connectivity index (χ0n) is 17.2. The average Bonchev–Trinajstić information content (AvgIpc) is 2.74. The molecule has 7 nitrogen and oxygen atoms in total. The Bertz CT molecular complexity index is 1100. The first kappa shape index (κ1) is 21.5. The Hall–Kier alpha value is -2.71. The van der Waals surface area contributed by atoms with Crippen molar-refractivity contribution in [1.29, 1.82) is 0 Å². The number of nitro benzene ring substituents is 1. The Morgan fingerprint density at radius 3 is 2.29 bits per heavy atom. The van der Waals surface area contributed by atoms with Gasteiger partial charge < -0.3 is 5.11 Å². The van der Waals surface area contributed by atoms with Crippen LogP contribution in [0.5, 0.6) is 0 Å². The molecule has 4 rings (SSSR count). The number of allylic oxidation sites excluding steroid dienone is 1. The standard InChI is InChI=1S/C23H26N2O5S/c26-22-16-21(17-10-4-3-5-11-17)24(19-13-7-2-1-6-12-18(19)22)31(29,30)23-15-9-8-14-20(23)25(27)28/h3-5,8-11,14-15,21-22,26H,1-2,6-7,12-13,16H2/t21-,22-/m1/s1. The summed E-state index contributed by atoms with van der Waals surface area (Å²) >= 11 is 0. The summed E-state index contributed by atoms with van der Waals surface area (Å²) in [5, 5.41) is 22.6. The molecule has 0 unspecified atom stereocenters. The predicted octanol–water partition coefficient (Wildman–Crippen LogP) is 4.70. The number of nitro groups is 1. The van der Waals surface area contributed by atoms with Crippen LogP contribution in [0.25, 0.3) is 0 Å². The second-order valence-corrected chi connectivity index (χ2v) is 9.87. The quantitative estimate of drug-likeness (QED) is 0.546. The Morgan fingerprint density at radius 1 is 0.935 bits per heavy atom. The predicted molar refractivity (Wildman–Crippen MR) is 117 cm³/mol. The summed E-state index contributed by atoms with van der Waals surface area (Å²) in [5.41, 5.74) is 1.69. The Morgan fingerprint density at radius 2 is 1.58 bits per heavy atom. The van der Waals surface area contributed by atoms with E-state index >= 15 is 0 Å². The summed E-state index contributed by atoms with van der Waals surface area (Å²) in [6.45, 7) is 0. The number of aliphatic hydroxyl groups is 1. The minimum atomic E-state index is -4.23. The van der Waals surface area contributed by atoms with Crippen molar-refractivity contribution in [3.05, 3.63) is 81.5 Å². The third-order valence-corrected chi connectivity index (χ3v) is 8.06. The van der Waals surface area contributed by atoms with Crippen LogP contribution < -0.4 is 0 Å². The summed E-state index contributed by atoms with van der Waals surface area (Å²) in [4.78, 5) is 10.6. The number of sulfonamides is 1. The maximum atomic E-state index is 14.0. The van der Waals surface area contributed by atoms with Gasteiger partial charge in [-0.1, -0.05) is 55.3 Å². The molecule has 0 bridgehead atoms. The molecule has 0 saturated heterocycles. The summed E-state index contributed by atoms with van der Waals surface area (Å²) < 4.78 is 29.3. The van der Waals surface area contributed by atoms with Crippen LogP contribution in [0.1, 0.15) is 56.6 Å². The molecule has 0 aromatic heterocycles. The summed E-state index contributed by atoms with van der Waals surface area (Å²) in [6.07, 6.45) is 4.40. The first-order valence-electron chi connectivity index (χ1n) is 10.6. The van der Waals surface area contributed by atoms with Gasteiger partial charge in [-0.3, -0.25) is 14.4 Å².